The van der Waals surface area contributed by atoms with Gasteiger partial charge in [-0.15, -0.1) is 0 Å². The molecule has 0 amide bonds. The highest BCUT2D eigenvalue weighted by molar-refractivity contribution is 5.71. The molecule has 0 saturated heterocycles. The maximum absolute atomic E-state index is 12.9. The Balaban J connectivity index is 4.29. The van der Waals surface area contributed by atoms with Gasteiger partial charge in [-0.2, -0.15) is 0 Å². The molecule has 0 heterocycles. The quantitative estimate of drug-likeness (QED) is 0.0261. The summed E-state index contributed by atoms with van der Waals surface area (Å²) in [6, 6.07) is 0. The number of ether oxygens (including phenoxy) is 3. The van der Waals surface area contributed by atoms with Crippen molar-refractivity contribution in [3.63, 3.8) is 0 Å². The van der Waals surface area contributed by atoms with E-state index >= 15 is 0 Å². The first-order valence-corrected chi connectivity index (χ1v) is 31.6. The lowest BCUT2D eigenvalue weighted by atomic mass is 10.0. The number of esters is 3. The van der Waals surface area contributed by atoms with Crippen LogP contribution in [0.5, 0.6) is 0 Å². The Hall–Kier alpha value is -2.63. The van der Waals surface area contributed by atoms with Gasteiger partial charge in [0.2, 0.25) is 0 Å². The Bertz CT molecular complexity index is 1250. The molecule has 420 valence electrons. The van der Waals surface area contributed by atoms with Crippen molar-refractivity contribution in [3.05, 3.63) is 48.6 Å². The minimum Gasteiger partial charge on any atom is -0.462 e. The fourth-order valence-corrected chi connectivity index (χ4v) is 9.34. The predicted octanol–water partition coefficient (Wildman–Crippen LogP) is 21.4. The molecule has 1 atom stereocenters. The molecule has 0 aliphatic rings. The Morgan fingerprint density at radius 1 is 0.292 bits per heavy atom. The zero-order valence-electron chi connectivity index (χ0n) is 48.2. The van der Waals surface area contributed by atoms with Crippen molar-refractivity contribution in [1.29, 1.82) is 0 Å². The summed E-state index contributed by atoms with van der Waals surface area (Å²) in [6.45, 7) is 6.55. The first kappa shape index (κ1) is 69.4. The first-order chi connectivity index (χ1) is 35.5. The molecule has 0 aliphatic heterocycles. The van der Waals surface area contributed by atoms with Crippen LogP contribution in [0.15, 0.2) is 48.6 Å². The number of hydrogen-bond acceptors (Lipinski definition) is 6. The van der Waals surface area contributed by atoms with E-state index in [0.717, 1.165) is 83.5 Å². The van der Waals surface area contributed by atoms with Crippen LogP contribution < -0.4 is 0 Å². The average Bonchev–Trinajstić information content (AvgIpc) is 3.38. The van der Waals surface area contributed by atoms with Crippen molar-refractivity contribution in [1.82, 2.24) is 0 Å². The first-order valence-electron chi connectivity index (χ1n) is 31.6. The lowest BCUT2D eigenvalue weighted by molar-refractivity contribution is -0.167. The largest absolute Gasteiger partial charge is 0.462 e. The molecule has 0 fully saturated rings. The summed E-state index contributed by atoms with van der Waals surface area (Å²) < 4.78 is 16.9. The van der Waals surface area contributed by atoms with Gasteiger partial charge >= 0.3 is 17.9 Å². The van der Waals surface area contributed by atoms with Crippen LogP contribution in [0, 0.1) is 0 Å². The molecule has 0 aliphatic carbocycles. The number of hydrogen-bond donors (Lipinski definition) is 0. The fraction of sp³-hybridized carbons (Fsp3) is 0.833. The van der Waals surface area contributed by atoms with E-state index in [9.17, 15) is 14.4 Å². The Kier molecular flexibility index (Phi) is 58.7. The highest BCUT2D eigenvalue weighted by atomic mass is 16.6. The molecular formula is C66H120O6. The number of rotatable bonds is 58. The Labute approximate surface area is 448 Å². The molecule has 0 spiro atoms. The maximum Gasteiger partial charge on any atom is 0.306 e. The monoisotopic (exact) mass is 1010 g/mol. The number of carbonyl (C=O) groups is 3. The summed E-state index contributed by atoms with van der Waals surface area (Å²) in [6.07, 6.45) is 75.6. The summed E-state index contributed by atoms with van der Waals surface area (Å²) >= 11 is 0. The van der Waals surface area contributed by atoms with Gasteiger partial charge < -0.3 is 14.2 Å². The summed E-state index contributed by atoms with van der Waals surface area (Å²) in [5, 5.41) is 0. The molecule has 0 aromatic carbocycles. The van der Waals surface area contributed by atoms with Crippen LogP contribution in [0.25, 0.3) is 0 Å². The molecule has 0 aromatic rings. The standard InChI is InChI=1S/C66H120O6/c1-4-7-10-13-16-19-22-25-27-29-31-32-33-34-35-37-38-41-44-47-50-53-56-59-65(68)71-62-63(61-70-64(67)58-55-52-49-46-43-40-24-21-18-15-12-9-6-3)72-66(69)60-57-54-51-48-45-42-39-36-30-28-26-23-20-17-14-11-8-5-2/h9,12,18,21,28,30,40,43,63H,4-8,10-11,13-17,19-20,22-27,29,31-39,41-42,44-62H2,1-3H3/b12-9-,21-18-,30-28-,43-40-. The second-order valence-corrected chi connectivity index (χ2v) is 21.3. The maximum atomic E-state index is 12.9. The molecule has 6 heteroatoms. The summed E-state index contributed by atoms with van der Waals surface area (Å²) in [5.41, 5.74) is 0. The topological polar surface area (TPSA) is 78.9 Å². The van der Waals surface area contributed by atoms with Crippen molar-refractivity contribution >= 4 is 17.9 Å². The van der Waals surface area contributed by atoms with E-state index in [-0.39, 0.29) is 31.1 Å². The van der Waals surface area contributed by atoms with Crippen molar-refractivity contribution in [3.8, 4) is 0 Å². The van der Waals surface area contributed by atoms with E-state index in [0.29, 0.717) is 19.3 Å². The normalized spacial score (nSPS) is 12.3. The zero-order chi connectivity index (χ0) is 52.2. The molecule has 6 nitrogen and oxygen atoms in total. The Morgan fingerprint density at radius 2 is 0.542 bits per heavy atom. The molecule has 0 radical (unpaired) electrons. The van der Waals surface area contributed by atoms with E-state index in [2.05, 4.69) is 69.4 Å². The molecular weight excluding hydrogens is 889 g/mol. The SMILES string of the molecule is CC/C=C\C/C=C\C/C=C\CCCCCC(=O)OCC(COC(=O)CCCCCCCCCCCCCCCCCCCCCCCCC)OC(=O)CCCCCCCCC/C=C\CCCCCCCCC. The lowest BCUT2D eigenvalue weighted by Crippen LogP contribution is -2.30. The number of unbranched alkanes of at least 4 members (excludes halogenated alkanes) is 39. The van der Waals surface area contributed by atoms with Crippen LogP contribution in [-0.2, 0) is 28.6 Å². The van der Waals surface area contributed by atoms with Gasteiger partial charge in [0.1, 0.15) is 13.2 Å². The zero-order valence-corrected chi connectivity index (χ0v) is 48.2. The summed E-state index contributed by atoms with van der Waals surface area (Å²) in [5.74, 6) is -0.897. The van der Waals surface area contributed by atoms with E-state index < -0.39 is 6.10 Å². The molecule has 0 aromatic heterocycles. The second kappa shape index (κ2) is 60.9. The van der Waals surface area contributed by atoms with Gasteiger partial charge in [-0.05, 0) is 77.0 Å². The number of allylic oxidation sites excluding steroid dienone is 8. The third-order valence-electron chi connectivity index (χ3n) is 14.1. The smallest absolute Gasteiger partial charge is 0.306 e. The number of carbonyl (C=O) groups excluding carboxylic acids is 3. The van der Waals surface area contributed by atoms with Gasteiger partial charge in [0.05, 0.1) is 0 Å². The molecule has 0 N–H and O–H groups in total. The highest BCUT2D eigenvalue weighted by Crippen LogP contribution is 2.17. The van der Waals surface area contributed by atoms with Gasteiger partial charge in [-0.25, -0.2) is 0 Å². The second-order valence-electron chi connectivity index (χ2n) is 21.3. The van der Waals surface area contributed by atoms with Crippen LogP contribution in [0.2, 0.25) is 0 Å². The highest BCUT2D eigenvalue weighted by Gasteiger charge is 2.19. The molecule has 0 rings (SSSR count). The van der Waals surface area contributed by atoms with Gasteiger partial charge in [0.15, 0.2) is 6.10 Å². The van der Waals surface area contributed by atoms with Crippen LogP contribution >= 0.6 is 0 Å². The summed E-state index contributed by atoms with van der Waals surface area (Å²) in [4.78, 5) is 38.2. The Morgan fingerprint density at radius 3 is 0.875 bits per heavy atom. The van der Waals surface area contributed by atoms with Gasteiger partial charge in [-0.3, -0.25) is 14.4 Å². The van der Waals surface area contributed by atoms with Crippen molar-refractivity contribution in [2.75, 3.05) is 13.2 Å². The van der Waals surface area contributed by atoms with Gasteiger partial charge in [-0.1, -0.05) is 288 Å². The molecule has 1 unspecified atom stereocenters. The third-order valence-corrected chi connectivity index (χ3v) is 14.1. The van der Waals surface area contributed by atoms with Crippen LogP contribution in [0.3, 0.4) is 0 Å². The van der Waals surface area contributed by atoms with Gasteiger partial charge in [0, 0.05) is 19.3 Å². The van der Waals surface area contributed by atoms with E-state index in [1.807, 2.05) is 0 Å². The third kappa shape index (κ3) is 58.3. The van der Waals surface area contributed by atoms with E-state index in [4.69, 9.17) is 14.2 Å². The van der Waals surface area contributed by atoms with Crippen molar-refractivity contribution in [2.45, 2.75) is 341 Å². The average molecular weight is 1010 g/mol. The van der Waals surface area contributed by atoms with E-state index in [1.165, 1.54) is 212 Å². The predicted molar refractivity (Wildman–Crippen MR) is 312 cm³/mol. The van der Waals surface area contributed by atoms with Crippen molar-refractivity contribution in [2.24, 2.45) is 0 Å². The minimum absolute atomic E-state index is 0.0809. The minimum atomic E-state index is -0.786. The fourth-order valence-electron chi connectivity index (χ4n) is 9.34. The summed E-state index contributed by atoms with van der Waals surface area (Å²) in [7, 11) is 0. The molecule has 0 saturated carbocycles. The van der Waals surface area contributed by atoms with Gasteiger partial charge in [0.25, 0.3) is 0 Å². The molecule has 0 bridgehead atoms. The van der Waals surface area contributed by atoms with Crippen molar-refractivity contribution < 1.29 is 28.6 Å². The lowest BCUT2D eigenvalue weighted by Gasteiger charge is -2.18. The van der Waals surface area contributed by atoms with E-state index in [1.54, 1.807) is 0 Å². The van der Waals surface area contributed by atoms with Crippen LogP contribution in [0.1, 0.15) is 335 Å². The van der Waals surface area contributed by atoms with Crippen LogP contribution in [-0.4, -0.2) is 37.2 Å². The van der Waals surface area contributed by atoms with Crippen LogP contribution in [0.4, 0.5) is 0 Å². The molecule has 72 heavy (non-hydrogen) atoms.